The number of carbonyl (C=O) groups is 1. The number of likely N-dealkylation sites (tertiary alicyclic amines) is 1. The van der Waals surface area contributed by atoms with Gasteiger partial charge in [0, 0.05) is 37.6 Å². The lowest BCUT2D eigenvalue weighted by Crippen LogP contribution is -2.46. The van der Waals surface area contributed by atoms with E-state index in [0.717, 1.165) is 32.4 Å². The summed E-state index contributed by atoms with van der Waals surface area (Å²) in [6.45, 7) is 5.79. The smallest absolute Gasteiger partial charge is 0.220 e. The number of nitrogens with zero attached hydrogens (tertiary/aromatic N) is 1. The van der Waals surface area contributed by atoms with Gasteiger partial charge in [-0.05, 0) is 57.4 Å². The van der Waals surface area contributed by atoms with Gasteiger partial charge >= 0.3 is 0 Å². The van der Waals surface area contributed by atoms with E-state index in [4.69, 9.17) is 0 Å². The van der Waals surface area contributed by atoms with Gasteiger partial charge in [0.2, 0.25) is 5.91 Å². The third-order valence-electron chi connectivity index (χ3n) is 5.83. The van der Waals surface area contributed by atoms with Gasteiger partial charge in [-0.2, -0.15) is 0 Å². The van der Waals surface area contributed by atoms with Crippen molar-refractivity contribution in [3.63, 3.8) is 0 Å². The van der Waals surface area contributed by atoms with Crippen molar-refractivity contribution in [2.24, 2.45) is 5.92 Å². The predicted molar refractivity (Wildman–Crippen MR) is 89.8 cm³/mol. The summed E-state index contributed by atoms with van der Waals surface area (Å²) in [7, 11) is 0. The average molecular weight is 307 g/mol. The Morgan fingerprint density at radius 3 is 2.45 bits per heavy atom. The lowest BCUT2D eigenvalue weighted by molar-refractivity contribution is -0.123. The normalized spacial score (nSPS) is 33.0. The molecule has 3 heterocycles. The molecule has 0 aliphatic carbocycles. The molecular formula is C18H33N3O. The molecule has 0 saturated carbocycles. The lowest BCUT2D eigenvalue weighted by atomic mass is 9.89. The van der Waals surface area contributed by atoms with Crippen LogP contribution < -0.4 is 10.6 Å². The number of carbonyl (C=O) groups excluding carboxylic acids is 1. The highest BCUT2D eigenvalue weighted by Crippen LogP contribution is 2.32. The van der Waals surface area contributed by atoms with Gasteiger partial charge in [-0.25, -0.2) is 0 Å². The number of piperidine rings is 2. The fourth-order valence-corrected chi connectivity index (χ4v) is 4.57. The van der Waals surface area contributed by atoms with Crippen LogP contribution in [0.25, 0.3) is 0 Å². The molecular weight excluding hydrogens is 274 g/mol. The van der Waals surface area contributed by atoms with Gasteiger partial charge < -0.3 is 15.5 Å². The van der Waals surface area contributed by atoms with E-state index in [-0.39, 0.29) is 0 Å². The van der Waals surface area contributed by atoms with Gasteiger partial charge in [-0.15, -0.1) is 0 Å². The SMILES string of the molecule is CCCCN1CCC(NC(=O)CC2CC3CCC(C2)N3)CC1. The van der Waals surface area contributed by atoms with Crippen molar-refractivity contribution >= 4 is 5.91 Å². The molecule has 3 aliphatic heterocycles. The number of amides is 1. The monoisotopic (exact) mass is 307 g/mol. The van der Waals surface area contributed by atoms with Crippen molar-refractivity contribution in [1.82, 2.24) is 15.5 Å². The number of hydrogen-bond acceptors (Lipinski definition) is 3. The third kappa shape index (κ3) is 4.45. The van der Waals surface area contributed by atoms with Gasteiger partial charge in [-0.1, -0.05) is 13.3 Å². The maximum absolute atomic E-state index is 12.3. The predicted octanol–water partition coefficient (Wildman–Crippen LogP) is 2.29. The summed E-state index contributed by atoms with van der Waals surface area (Å²) in [6.07, 6.45) is 10.6. The van der Waals surface area contributed by atoms with Crippen LogP contribution in [0.2, 0.25) is 0 Å². The lowest BCUT2D eigenvalue weighted by Gasteiger charge is -2.33. The molecule has 3 fully saturated rings. The summed E-state index contributed by atoms with van der Waals surface area (Å²) < 4.78 is 0. The summed E-state index contributed by atoms with van der Waals surface area (Å²) in [4.78, 5) is 14.9. The molecule has 3 saturated heterocycles. The molecule has 1 amide bonds. The van der Waals surface area contributed by atoms with Crippen LogP contribution in [0.4, 0.5) is 0 Å². The van der Waals surface area contributed by atoms with E-state index in [9.17, 15) is 4.79 Å². The molecule has 4 nitrogen and oxygen atoms in total. The van der Waals surface area contributed by atoms with Crippen LogP contribution in [0.1, 0.15) is 64.7 Å². The van der Waals surface area contributed by atoms with E-state index in [0.29, 0.717) is 30.0 Å². The maximum Gasteiger partial charge on any atom is 0.220 e. The second-order valence-corrected chi connectivity index (χ2v) is 7.72. The number of fused-ring (bicyclic) bond motifs is 2. The average Bonchev–Trinajstić information content (AvgIpc) is 2.85. The first kappa shape index (κ1) is 16.3. The van der Waals surface area contributed by atoms with E-state index >= 15 is 0 Å². The molecule has 2 atom stereocenters. The van der Waals surface area contributed by atoms with Gasteiger partial charge in [0.1, 0.15) is 0 Å². The molecule has 2 N–H and O–H groups in total. The zero-order chi connectivity index (χ0) is 15.4. The van der Waals surface area contributed by atoms with Crippen molar-refractivity contribution < 1.29 is 4.79 Å². The van der Waals surface area contributed by atoms with Crippen LogP contribution >= 0.6 is 0 Å². The standard InChI is InChI=1S/C18H33N3O/c1-2-3-8-21-9-6-15(7-10-21)20-18(22)13-14-11-16-4-5-17(12-14)19-16/h14-17,19H,2-13H2,1H3,(H,20,22). The van der Waals surface area contributed by atoms with Crippen LogP contribution in [0.5, 0.6) is 0 Å². The van der Waals surface area contributed by atoms with Crippen LogP contribution in [-0.2, 0) is 4.79 Å². The molecule has 2 bridgehead atoms. The Labute approximate surface area is 135 Å². The molecule has 0 aromatic carbocycles. The number of nitrogens with one attached hydrogen (secondary N) is 2. The molecule has 0 spiro atoms. The third-order valence-corrected chi connectivity index (χ3v) is 5.83. The van der Waals surface area contributed by atoms with Crippen LogP contribution in [-0.4, -0.2) is 48.6 Å². The van der Waals surface area contributed by atoms with Crippen LogP contribution in [0, 0.1) is 5.92 Å². The van der Waals surface area contributed by atoms with Crippen molar-refractivity contribution in [1.29, 1.82) is 0 Å². The van der Waals surface area contributed by atoms with Crippen molar-refractivity contribution in [2.45, 2.75) is 82.8 Å². The Morgan fingerprint density at radius 2 is 1.82 bits per heavy atom. The molecule has 3 aliphatic rings. The molecule has 0 radical (unpaired) electrons. The van der Waals surface area contributed by atoms with Crippen LogP contribution in [0.15, 0.2) is 0 Å². The first-order chi connectivity index (χ1) is 10.7. The van der Waals surface area contributed by atoms with Gasteiger partial charge in [0.15, 0.2) is 0 Å². The minimum atomic E-state index is 0.304. The highest BCUT2D eigenvalue weighted by atomic mass is 16.1. The number of hydrogen-bond donors (Lipinski definition) is 2. The first-order valence-electron chi connectivity index (χ1n) is 9.50. The fourth-order valence-electron chi connectivity index (χ4n) is 4.57. The molecule has 2 unspecified atom stereocenters. The summed E-state index contributed by atoms with van der Waals surface area (Å²) >= 11 is 0. The highest BCUT2D eigenvalue weighted by molar-refractivity contribution is 5.76. The van der Waals surface area contributed by atoms with Gasteiger partial charge in [-0.3, -0.25) is 4.79 Å². The molecule has 0 aromatic heterocycles. The zero-order valence-electron chi connectivity index (χ0n) is 14.2. The van der Waals surface area contributed by atoms with Gasteiger partial charge in [0.25, 0.3) is 0 Å². The van der Waals surface area contributed by atoms with E-state index in [1.54, 1.807) is 0 Å². The van der Waals surface area contributed by atoms with Crippen molar-refractivity contribution in [3.05, 3.63) is 0 Å². The van der Waals surface area contributed by atoms with E-state index in [1.165, 1.54) is 45.1 Å². The topological polar surface area (TPSA) is 44.4 Å². The Morgan fingerprint density at radius 1 is 1.14 bits per heavy atom. The second-order valence-electron chi connectivity index (χ2n) is 7.72. The molecule has 126 valence electrons. The Kier molecular flexibility index (Phi) is 5.75. The highest BCUT2D eigenvalue weighted by Gasteiger charge is 2.34. The Balaban J connectivity index is 1.34. The molecule has 3 rings (SSSR count). The van der Waals surface area contributed by atoms with Gasteiger partial charge in [0.05, 0.1) is 0 Å². The summed E-state index contributed by atoms with van der Waals surface area (Å²) in [5, 5.41) is 6.97. The first-order valence-corrected chi connectivity index (χ1v) is 9.50. The second kappa shape index (κ2) is 7.78. The molecule has 22 heavy (non-hydrogen) atoms. The molecule has 4 heteroatoms. The minimum absolute atomic E-state index is 0.304. The quantitative estimate of drug-likeness (QED) is 0.791. The van der Waals surface area contributed by atoms with E-state index < -0.39 is 0 Å². The van der Waals surface area contributed by atoms with E-state index in [2.05, 4.69) is 22.5 Å². The van der Waals surface area contributed by atoms with Crippen molar-refractivity contribution in [3.8, 4) is 0 Å². The van der Waals surface area contributed by atoms with E-state index in [1.807, 2.05) is 0 Å². The summed E-state index contributed by atoms with van der Waals surface area (Å²) in [5.74, 6) is 0.918. The number of unbranched alkanes of at least 4 members (excludes halogenated alkanes) is 1. The largest absolute Gasteiger partial charge is 0.353 e. The van der Waals surface area contributed by atoms with Crippen molar-refractivity contribution in [2.75, 3.05) is 19.6 Å². The summed E-state index contributed by atoms with van der Waals surface area (Å²) in [5.41, 5.74) is 0. The maximum atomic E-state index is 12.3. The Bertz CT molecular complexity index is 353. The summed E-state index contributed by atoms with van der Waals surface area (Å²) in [6, 6.07) is 1.81. The zero-order valence-corrected chi connectivity index (χ0v) is 14.2. The fraction of sp³-hybridized carbons (Fsp3) is 0.944. The van der Waals surface area contributed by atoms with Crippen LogP contribution in [0.3, 0.4) is 0 Å². The molecule has 0 aromatic rings. The minimum Gasteiger partial charge on any atom is -0.353 e. The number of rotatable bonds is 6. The Hall–Kier alpha value is -0.610.